The molecule has 1 atom stereocenters. The normalized spacial score (nSPS) is 19.6. The number of nitrogens with one attached hydrogen (secondary N) is 3. The predicted molar refractivity (Wildman–Crippen MR) is 90.4 cm³/mol. The minimum absolute atomic E-state index is 0.0311. The SMILES string of the molecule is O=C(NC1=CC=CNN1)c1cnn2ccc(N3CCCC3C(F)(F)F)nc12. The Hall–Kier alpha value is -3.24. The average Bonchev–Trinajstić information content (AvgIpc) is 3.29. The standard InChI is InChI=1S/C16H16F3N7O/c17-16(18,19)11-3-2-7-25(11)13-5-8-26-14(23-13)10(9-21-26)15(27)22-12-4-1-6-20-24-12/h1,4-6,8-9,11,20,24H,2-3,7H2,(H,22,27). The zero-order valence-corrected chi connectivity index (χ0v) is 14.0. The van der Waals surface area contributed by atoms with Crippen molar-refractivity contribution in [3.8, 4) is 0 Å². The predicted octanol–water partition coefficient (Wildman–Crippen LogP) is 1.45. The number of rotatable bonds is 3. The first kappa shape index (κ1) is 17.2. The molecule has 1 amide bonds. The summed E-state index contributed by atoms with van der Waals surface area (Å²) in [6, 6.07) is -0.0896. The molecule has 8 nitrogen and oxygen atoms in total. The van der Waals surface area contributed by atoms with E-state index in [4.69, 9.17) is 0 Å². The minimum Gasteiger partial charge on any atom is -0.344 e. The van der Waals surface area contributed by atoms with Crippen LogP contribution in [0.3, 0.4) is 0 Å². The second-order valence-electron chi connectivity index (χ2n) is 6.17. The molecule has 2 aromatic rings. The summed E-state index contributed by atoms with van der Waals surface area (Å²) < 4.78 is 41.1. The van der Waals surface area contributed by atoms with Crippen molar-refractivity contribution in [3.63, 3.8) is 0 Å². The molecule has 1 unspecified atom stereocenters. The van der Waals surface area contributed by atoms with Gasteiger partial charge in [0.15, 0.2) is 5.65 Å². The molecule has 11 heteroatoms. The molecule has 1 fully saturated rings. The van der Waals surface area contributed by atoms with Crippen LogP contribution >= 0.6 is 0 Å². The van der Waals surface area contributed by atoms with Gasteiger partial charge in [-0.25, -0.2) is 9.50 Å². The molecular weight excluding hydrogens is 363 g/mol. The van der Waals surface area contributed by atoms with Crippen molar-refractivity contribution in [3.05, 3.63) is 48.2 Å². The number of allylic oxidation sites excluding steroid dienone is 2. The number of aromatic nitrogens is 3. The van der Waals surface area contributed by atoms with Gasteiger partial charge in [-0.1, -0.05) is 0 Å². The summed E-state index contributed by atoms with van der Waals surface area (Å²) in [4.78, 5) is 18.0. The lowest BCUT2D eigenvalue weighted by Crippen LogP contribution is -2.41. The third-order valence-corrected chi connectivity index (χ3v) is 4.42. The Morgan fingerprint density at radius 3 is 2.96 bits per heavy atom. The number of nitrogens with zero attached hydrogens (tertiary/aromatic N) is 4. The molecule has 27 heavy (non-hydrogen) atoms. The summed E-state index contributed by atoms with van der Waals surface area (Å²) >= 11 is 0. The molecule has 4 heterocycles. The molecule has 0 aromatic carbocycles. The van der Waals surface area contributed by atoms with E-state index < -0.39 is 18.1 Å². The van der Waals surface area contributed by atoms with E-state index in [9.17, 15) is 18.0 Å². The number of hydrogen-bond donors (Lipinski definition) is 3. The maximum Gasteiger partial charge on any atom is 0.408 e. The highest BCUT2D eigenvalue weighted by Crippen LogP contribution is 2.35. The minimum atomic E-state index is -4.33. The second-order valence-corrected chi connectivity index (χ2v) is 6.17. The van der Waals surface area contributed by atoms with Gasteiger partial charge in [-0.15, -0.1) is 0 Å². The van der Waals surface area contributed by atoms with E-state index in [1.54, 1.807) is 18.4 Å². The second kappa shape index (κ2) is 6.49. The van der Waals surface area contributed by atoms with E-state index in [-0.39, 0.29) is 30.0 Å². The Kier molecular flexibility index (Phi) is 4.13. The van der Waals surface area contributed by atoms with Crippen LogP contribution in [0.5, 0.6) is 0 Å². The lowest BCUT2D eigenvalue weighted by Gasteiger charge is -2.27. The lowest BCUT2D eigenvalue weighted by molar-refractivity contribution is -0.146. The van der Waals surface area contributed by atoms with Crippen molar-refractivity contribution >= 4 is 17.4 Å². The number of carbonyl (C=O) groups is 1. The van der Waals surface area contributed by atoms with Crippen LogP contribution in [-0.4, -0.2) is 39.3 Å². The van der Waals surface area contributed by atoms with Gasteiger partial charge in [0.2, 0.25) is 0 Å². The Balaban J connectivity index is 1.64. The van der Waals surface area contributed by atoms with Gasteiger partial charge >= 0.3 is 6.18 Å². The van der Waals surface area contributed by atoms with E-state index in [2.05, 4.69) is 26.3 Å². The molecular formula is C16H16F3N7O. The highest BCUT2D eigenvalue weighted by molar-refractivity contribution is 6.00. The van der Waals surface area contributed by atoms with Crippen molar-refractivity contribution in [1.82, 2.24) is 30.8 Å². The number of hydrazine groups is 1. The largest absolute Gasteiger partial charge is 0.408 e. The van der Waals surface area contributed by atoms with Crippen LogP contribution in [0.4, 0.5) is 19.0 Å². The third kappa shape index (κ3) is 3.27. The summed E-state index contributed by atoms with van der Waals surface area (Å²) in [5, 5.41) is 6.70. The molecule has 2 aromatic heterocycles. The van der Waals surface area contributed by atoms with E-state index in [0.717, 1.165) is 0 Å². The molecule has 0 radical (unpaired) electrons. The van der Waals surface area contributed by atoms with Crippen LogP contribution in [0, 0.1) is 0 Å². The van der Waals surface area contributed by atoms with Crippen LogP contribution in [-0.2, 0) is 0 Å². The lowest BCUT2D eigenvalue weighted by atomic mass is 10.2. The Morgan fingerprint density at radius 2 is 2.22 bits per heavy atom. The Morgan fingerprint density at radius 1 is 1.37 bits per heavy atom. The highest BCUT2D eigenvalue weighted by Gasteiger charge is 2.46. The first-order chi connectivity index (χ1) is 12.9. The maximum absolute atomic E-state index is 13.2. The number of anilines is 1. The molecule has 3 N–H and O–H groups in total. The fraction of sp³-hybridized carbons (Fsp3) is 0.312. The van der Waals surface area contributed by atoms with E-state index in [0.29, 0.717) is 12.2 Å². The number of halogens is 3. The van der Waals surface area contributed by atoms with Gasteiger partial charge in [0.25, 0.3) is 5.91 Å². The smallest absolute Gasteiger partial charge is 0.344 e. The molecule has 2 aliphatic heterocycles. The fourth-order valence-electron chi connectivity index (χ4n) is 3.18. The Bertz CT molecular complexity index is 934. The number of fused-ring (bicyclic) bond motifs is 1. The zero-order valence-electron chi connectivity index (χ0n) is 14.0. The van der Waals surface area contributed by atoms with Crippen molar-refractivity contribution < 1.29 is 18.0 Å². The van der Waals surface area contributed by atoms with Crippen LogP contribution < -0.4 is 21.1 Å². The monoisotopic (exact) mass is 379 g/mol. The van der Waals surface area contributed by atoms with Gasteiger partial charge in [-0.2, -0.15) is 18.3 Å². The molecule has 142 valence electrons. The summed E-state index contributed by atoms with van der Waals surface area (Å²) in [6.45, 7) is 0.262. The van der Waals surface area contributed by atoms with E-state index >= 15 is 0 Å². The van der Waals surface area contributed by atoms with Crippen molar-refractivity contribution in [2.75, 3.05) is 11.4 Å². The third-order valence-electron chi connectivity index (χ3n) is 4.42. The van der Waals surface area contributed by atoms with Crippen molar-refractivity contribution in [2.24, 2.45) is 0 Å². The summed E-state index contributed by atoms with van der Waals surface area (Å²) in [5.74, 6) is 0.130. The van der Waals surface area contributed by atoms with Gasteiger partial charge in [0, 0.05) is 18.9 Å². The number of alkyl halides is 3. The molecule has 4 rings (SSSR count). The van der Waals surface area contributed by atoms with Gasteiger partial charge in [0.1, 0.15) is 23.2 Å². The molecule has 2 aliphatic rings. The summed E-state index contributed by atoms with van der Waals surface area (Å²) in [6.07, 6.45) is 3.96. The Labute approximate surface area is 151 Å². The summed E-state index contributed by atoms with van der Waals surface area (Å²) in [7, 11) is 0. The summed E-state index contributed by atoms with van der Waals surface area (Å²) in [5.41, 5.74) is 5.83. The van der Waals surface area contributed by atoms with Gasteiger partial charge in [-0.05, 0) is 31.1 Å². The number of hydrogen-bond acceptors (Lipinski definition) is 6. The van der Waals surface area contributed by atoms with Crippen LogP contribution in [0.2, 0.25) is 0 Å². The molecule has 0 bridgehead atoms. The first-order valence-electron chi connectivity index (χ1n) is 8.31. The van der Waals surface area contributed by atoms with Crippen molar-refractivity contribution in [1.29, 1.82) is 0 Å². The molecule has 0 saturated carbocycles. The number of carbonyl (C=O) groups excluding carboxylic acids is 1. The topological polar surface area (TPSA) is 86.6 Å². The van der Waals surface area contributed by atoms with Gasteiger partial charge in [-0.3, -0.25) is 10.2 Å². The first-order valence-corrected chi connectivity index (χ1v) is 8.31. The zero-order chi connectivity index (χ0) is 19.0. The highest BCUT2D eigenvalue weighted by atomic mass is 19.4. The fourth-order valence-corrected chi connectivity index (χ4v) is 3.18. The van der Waals surface area contributed by atoms with E-state index in [1.807, 2.05) is 0 Å². The van der Waals surface area contributed by atoms with E-state index in [1.165, 1.54) is 27.9 Å². The molecule has 0 aliphatic carbocycles. The van der Waals surface area contributed by atoms with Crippen molar-refractivity contribution in [2.45, 2.75) is 25.1 Å². The average molecular weight is 379 g/mol. The molecule has 1 saturated heterocycles. The maximum atomic E-state index is 13.2. The van der Waals surface area contributed by atoms with Crippen LogP contribution in [0.15, 0.2) is 42.6 Å². The molecule has 0 spiro atoms. The van der Waals surface area contributed by atoms with Gasteiger partial charge in [0.05, 0.1) is 6.20 Å². The number of amides is 1. The quantitative estimate of drug-likeness (QED) is 0.749. The van der Waals surface area contributed by atoms with Crippen LogP contribution in [0.1, 0.15) is 23.2 Å². The van der Waals surface area contributed by atoms with Gasteiger partial charge < -0.3 is 15.6 Å². The van der Waals surface area contributed by atoms with Crippen LogP contribution in [0.25, 0.3) is 5.65 Å².